The lowest BCUT2D eigenvalue weighted by atomic mass is 10.1. The van der Waals surface area contributed by atoms with Gasteiger partial charge in [-0.1, -0.05) is 30.3 Å². The largest absolute Gasteiger partial charge is 0.341 e. The average Bonchev–Trinajstić information content (AvgIpc) is 2.83. The topological polar surface area (TPSA) is 34.4 Å². The Kier molecular flexibility index (Phi) is 4.33. The molecule has 3 heteroatoms. The number of benzene rings is 1. The van der Waals surface area contributed by atoms with Gasteiger partial charge in [0, 0.05) is 19.2 Å². The van der Waals surface area contributed by atoms with Gasteiger partial charge in [0.15, 0.2) is 0 Å². The highest BCUT2D eigenvalue weighted by atomic mass is 15.3. The molecule has 0 aliphatic heterocycles. The van der Waals surface area contributed by atoms with E-state index < -0.39 is 0 Å². The van der Waals surface area contributed by atoms with Crippen molar-refractivity contribution in [1.29, 1.82) is 0 Å². The Morgan fingerprint density at radius 1 is 1.18 bits per heavy atom. The maximum atomic E-state index is 4.27. The Labute approximate surface area is 102 Å². The summed E-state index contributed by atoms with van der Waals surface area (Å²) in [6, 6.07) is 12.7. The minimum absolute atomic E-state index is 0.953. The third kappa shape index (κ3) is 3.43. The molecular formula is C14H20N3+. The summed E-state index contributed by atoms with van der Waals surface area (Å²) < 4.78 is 2.05. The van der Waals surface area contributed by atoms with Crippen LogP contribution in [-0.4, -0.2) is 16.3 Å². The van der Waals surface area contributed by atoms with Crippen LogP contribution in [0.2, 0.25) is 0 Å². The van der Waals surface area contributed by atoms with Crippen LogP contribution >= 0.6 is 0 Å². The van der Waals surface area contributed by atoms with Gasteiger partial charge in [0.05, 0.1) is 12.2 Å². The molecule has 2 aromatic rings. The summed E-state index contributed by atoms with van der Waals surface area (Å²) in [5, 5.41) is 6.61. The summed E-state index contributed by atoms with van der Waals surface area (Å²) in [7, 11) is 0. The summed E-state index contributed by atoms with van der Waals surface area (Å²) in [6.07, 6.45) is 3.00. The van der Waals surface area contributed by atoms with E-state index in [2.05, 4.69) is 58.4 Å². The van der Waals surface area contributed by atoms with Crippen LogP contribution in [0.4, 0.5) is 0 Å². The molecule has 90 valence electrons. The average molecular weight is 230 g/mol. The van der Waals surface area contributed by atoms with Crippen molar-refractivity contribution in [2.45, 2.75) is 26.4 Å². The zero-order chi connectivity index (χ0) is 11.9. The first kappa shape index (κ1) is 11.9. The molecule has 2 N–H and O–H groups in total. The van der Waals surface area contributed by atoms with E-state index in [9.17, 15) is 0 Å². The van der Waals surface area contributed by atoms with Crippen molar-refractivity contribution in [3.05, 3.63) is 53.9 Å². The second kappa shape index (κ2) is 6.21. The second-order valence-electron chi connectivity index (χ2n) is 4.16. The first-order valence-electron chi connectivity index (χ1n) is 6.26. The van der Waals surface area contributed by atoms with E-state index in [1.807, 2.05) is 6.20 Å². The molecule has 1 heterocycles. The van der Waals surface area contributed by atoms with Crippen LogP contribution in [0.25, 0.3) is 0 Å². The van der Waals surface area contributed by atoms with E-state index in [1.54, 1.807) is 0 Å². The Morgan fingerprint density at radius 2 is 2.00 bits per heavy atom. The molecule has 0 aliphatic rings. The van der Waals surface area contributed by atoms with Gasteiger partial charge in [0.25, 0.3) is 0 Å². The molecule has 0 aliphatic carbocycles. The monoisotopic (exact) mass is 230 g/mol. The van der Waals surface area contributed by atoms with Gasteiger partial charge in [-0.05, 0) is 18.6 Å². The van der Waals surface area contributed by atoms with Gasteiger partial charge in [-0.3, -0.25) is 4.68 Å². The molecular weight excluding hydrogens is 210 g/mol. The maximum absolute atomic E-state index is 4.27. The van der Waals surface area contributed by atoms with Crippen molar-refractivity contribution in [2.24, 2.45) is 0 Å². The smallest absolute Gasteiger partial charge is 0.118 e. The molecule has 0 radical (unpaired) electrons. The van der Waals surface area contributed by atoms with E-state index in [1.165, 1.54) is 11.3 Å². The molecule has 0 bridgehead atoms. The van der Waals surface area contributed by atoms with Crippen molar-refractivity contribution in [1.82, 2.24) is 9.78 Å². The number of hydrogen-bond donors (Lipinski definition) is 1. The number of hydrogen-bond acceptors (Lipinski definition) is 1. The van der Waals surface area contributed by atoms with E-state index in [0.717, 1.165) is 26.1 Å². The summed E-state index contributed by atoms with van der Waals surface area (Å²) in [5.74, 6) is 0. The summed E-state index contributed by atoms with van der Waals surface area (Å²) >= 11 is 0. The van der Waals surface area contributed by atoms with Crippen LogP contribution in [0.1, 0.15) is 18.2 Å². The van der Waals surface area contributed by atoms with E-state index >= 15 is 0 Å². The van der Waals surface area contributed by atoms with Gasteiger partial charge in [0.1, 0.15) is 6.54 Å². The first-order valence-corrected chi connectivity index (χ1v) is 6.26. The third-order valence-corrected chi connectivity index (χ3v) is 2.94. The maximum Gasteiger partial charge on any atom is 0.118 e. The Balaban J connectivity index is 1.73. The predicted molar refractivity (Wildman–Crippen MR) is 68.5 cm³/mol. The van der Waals surface area contributed by atoms with Crippen LogP contribution in [-0.2, 0) is 19.5 Å². The number of nitrogens with zero attached hydrogens (tertiary/aromatic N) is 2. The zero-order valence-electron chi connectivity index (χ0n) is 10.3. The van der Waals surface area contributed by atoms with E-state index in [-0.39, 0.29) is 0 Å². The molecule has 1 aromatic heterocycles. The molecule has 0 atom stereocenters. The molecule has 0 saturated carbocycles. The lowest BCUT2D eigenvalue weighted by Crippen LogP contribution is -2.83. The molecule has 2 rings (SSSR count). The van der Waals surface area contributed by atoms with Crippen molar-refractivity contribution in [3.63, 3.8) is 0 Å². The second-order valence-corrected chi connectivity index (χ2v) is 4.16. The normalized spacial score (nSPS) is 10.6. The lowest BCUT2D eigenvalue weighted by molar-refractivity contribution is -0.670. The van der Waals surface area contributed by atoms with Crippen LogP contribution in [0.5, 0.6) is 0 Å². The number of aryl methyl sites for hydroxylation is 1. The molecule has 0 unspecified atom stereocenters. The van der Waals surface area contributed by atoms with Crippen LogP contribution < -0.4 is 5.32 Å². The molecule has 0 fully saturated rings. The number of rotatable bonds is 6. The minimum atomic E-state index is 0.953. The SMILES string of the molecule is CCn1nccc1C[NH2+]CCc1ccccc1. The van der Waals surface area contributed by atoms with Crippen molar-refractivity contribution >= 4 is 0 Å². The van der Waals surface area contributed by atoms with Gasteiger partial charge < -0.3 is 5.32 Å². The summed E-state index contributed by atoms with van der Waals surface area (Å²) in [6.45, 7) is 5.22. The van der Waals surface area contributed by atoms with Crippen LogP contribution in [0, 0.1) is 0 Å². The standard InChI is InChI=1S/C14H19N3/c1-2-17-14(9-11-16-17)12-15-10-8-13-6-4-3-5-7-13/h3-7,9,11,15H,2,8,10,12H2,1H3/p+1. The van der Waals surface area contributed by atoms with E-state index in [4.69, 9.17) is 0 Å². The van der Waals surface area contributed by atoms with Crippen molar-refractivity contribution in [3.8, 4) is 0 Å². The highest BCUT2D eigenvalue weighted by Crippen LogP contribution is 1.98. The quantitative estimate of drug-likeness (QED) is 0.744. The van der Waals surface area contributed by atoms with Crippen LogP contribution in [0.3, 0.4) is 0 Å². The predicted octanol–water partition coefficient (Wildman–Crippen LogP) is 1.21. The van der Waals surface area contributed by atoms with E-state index in [0.29, 0.717) is 0 Å². The van der Waals surface area contributed by atoms with Crippen molar-refractivity contribution in [2.75, 3.05) is 6.54 Å². The molecule has 3 nitrogen and oxygen atoms in total. The third-order valence-electron chi connectivity index (χ3n) is 2.94. The van der Waals surface area contributed by atoms with Crippen molar-refractivity contribution < 1.29 is 5.32 Å². The Morgan fingerprint density at radius 3 is 2.76 bits per heavy atom. The number of aromatic nitrogens is 2. The van der Waals surface area contributed by atoms with Gasteiger partial charge in [-0.15, -0.1) is 0 Å². The fourth-order valence-corrected chi connectivity index (χ4v) is 1.98. The van der Waals surface area contributed by atoms with Gasteiger partial charge in [0.2, 0.25) is 0 Å². The molecule has 17 heavy (non-hydrogen) atoms. The van der Waals surface area contributed by atoms with Crippen LogP contribution in [0.15, 0.2) is 42.6 Å². The van der Waals surface area contributed by atoms with Gasteiger partial charge >= 0.3 is 0 Å². The highest BCUT2D eigenvalue weighted by molar-refractivity contribution is 5.14. The fraction of sp³-hybridized carbons (Fsp3) is 0.357. The molecule has 0 spiro atoms. The lowest BCUT2D eigenvalue weighted by Gasteiger charge is -2.04. The minimum Gasteiger partial charge on any atom is -0.341 e. The van der Waals surface area contributed by atoms with Gasteiger partial charge in [-0.25, -0.2) is 0 Å². The molecule has 0 amide bonds. The number of quaternary nitrogens is 1. The molecule has 1 aromatic carbocycles. The fourth-order valence-electron chi connectivity index (χ4n) is 1.98. The first-order chi connectivity index (χ1) is 8.40. The Bertz CT molecular complexity index is 434. The Hall–Kier alpha value is -1.61. The highest BCUT2D eigenvalue weighted by Gasteiger charge is 2.02. The summed E-state index contributed by atoms with van der Waals surface area (Å²) in [4.78, 5) is 0. The number of nitrogens with two attached hydrogens (primary N) is 1. The van der Waals surface area contributed by atoms with Gasteiger partial charge in [-0.2, -0.15) is 5.10 Å². The molecule has 0 saturated heterocycles. The zero-order valence-corrected chi connectivity index (χ0v) is 10.3. The summed E-state index contributed by atoms with van der Waals surface area (Å²) in [5.41, 5.74) is 2.72.